The van der Waals surface area contributed by atoms with Crippen LogP contribution in [-0.2, 0) is 18.6 Å². The summed E-state index contributed by atoms with van der Waals surface area (Å²) in [6.45, 7) is 9.30. The predicted molar refractivity (Wildman–Crippen MR) is 53.7 cm³/mol. The summed E-state index contributed by atoms with van der Waals surface area (Å²) >= 11 is 0. The van der Waals surface area contributed by atoms with Crippen molar-refractivity contribution in [2.75, 3.05) is 13.2 Å². The molecule has 2 rings (SSSR count). The Morgan fingerprint density at radius 2 is 1.21 bits per heavy atom. The van der Waals surface area contributed by atoms with Crippen molar-refractivity contribution in [2.45, 2.75) is 38.9 Å². The van der Waals surface area contributed by atoms with Crippen LogP contribution in [0.3, 0.4) is 0 Å². The van der Waals surface area contributed by atoms with Crippen LogP contribution in [0.15, 0.2) is 0 Å². The Labute approximate surface area is 85.5 Å². The van der Waals surface area contributed by atoms with Crippen LogP contribution in [0, 0.1) is 0 Å². The van der Waals surface area contributed by atoms with E-state index in [1.165, 1.54) is 0 Å². The molecule has 0 unspecified atom stereocenters. The normalized spacial score (nSPS) is 30.0. The highest BCUT2D eigenvalue weighted by Crippen LogP contribution is 2.37. The van der Waals surface area contributed by atoms with Crippen molar-refractivity contribution < 1.29 is 18.6 Å². The number of hydrogen-bond acceptors (Lipinski definition) is 4. The van der Waals surface area contributed by atoms with Crippen molar-refractivity contribution in [3.05, 3.63) is 0 Å². The zero-order valence-corrected chi connectivity index (χ0v) is 9.20. The third kappa shape index (κ3) is 1.60. The molecule has 0 aromatic carbocycles. The van der Waals surface area contributed by atoms with Crippen molar-refractivity contribution in [1.82, 2.24) is 0 Å². The standard InChI is InChI=1S/C8H16B2O4/c1-7(2)8(3,4)14-10(13-7)9-11-5-6-12-9/h5-6H2,1-4H3. The van der Waals surface area contributed by atoms with E-state index in [0.717, 1.165) is 0 Å². The van der Waals surface area contributed by atoms with Crippen LogP contribution in [0.5, 0.6) is 0 Å². The van der Waals surface area contributed by atoms with E-state index in [1.807, 2.05) is 27.7 Å². The van der Waals surface area contributed by atoms with Crippen LogP contribution >= 0.6 is 0 Å². The average Bonchev–Trinajstić information content (AvgIpc) is 2.58. The molecule has 4 nitrogen and oxygen atoms in total. The molecule has 0 aromatic rings. The maximum atomic E-state index is 5.78. The molecule has 0 saturated carbocycles. The second-order valence-corrected chi connectivity index (χ2v) is 4.73. The molecule has 2 saturated heterocycles. The van der Waals surface area contributed by atoms with Crippen LogP contribution in [0.1, 0.15) is 27.7 Å². The van der Waals surface area contributed by atoms with Crippen LogP contribution in [0.2, 0.25) is 0 Å². The minimum atomic E-state index is -0.400. The molecule has 0 spiro atoms. The molecule has 0 atom stereocenters. The molecular formula is C8H16B2O4. The molecule has 0 N–H and O–H groups in total. The Balaban J connectivity index is 2.05. The first kappa shape index (κ1) is 10.5. The largest absolute Gasteiger partial charge is 0.488 e. The fraction of sp³-hybridized carbons (Fsp3) is 1.00. The van der Waals surface area contributed by atoms with Crippen LogP contribution in [0.25, 0.3) is 0 Å². The summed E-state index contributed by atoms with van der Waals surface area (Å²) in [5.74, 6) is 0. The van der Waals surface area contributed by atoms with Gasteiger partial charge >= 0.3 is 14.0 Å². The van der Waals surface area contributed by atoms with Gasteiger partial charge in [-0.15, -0.1) is 0 Å². The lowest BCUT2D eigenvalue weighted by molar-refractivity contribution is 0.00578. The van der Waals surface area contributed by atoms with Crippen LogP contribution in [0.4, 0.5) is 0 Å². The lowest BCUT2D eigenvalue weighted by Crippen LogP contribution is -2.41. The van der Waals surface area contributed by atoms with E-state index in [9.17, 15) is 0 Å². The van der Waals surface area contributed by atoms with Crippen LogP contribution < -0.4 is 0 Å². The third-order valence-electron chi connectivity index (χ3n) is 3.14. The van der Waals surface area contributed by atoms with Gasteiger partial charge in [-0.3, -0.25) is 0 Å². The van der Waals surface area contributed by atoms with Crippen molar-refractivity contribution in [2.24, 2.45) is 0 Å². The zero-order valence-electron chi connectivity index (χ0n) is 9.20. The number of rotatable bonds is 1. The Bertz CT molecular complexity index is 209. The van der Waals surface area contributed by atoms with E-state index in [4.69, 9.17) is 18.6 Å². The summed E-state index contributed by atoms with van der Waals surface area (Å²) < 4.78 is 22.3. The molecule has 14 heavy (non-hydrogen) atoms. The molecule has 2 heterocycles. The van der Waals surface area contributed by atoms with Gasteiger partial charge in [-0.05, 0) is 27.7 Å². The molecule has 0 aliphatic carbocycles. The van der Waals surface area contributed by atoms with Gasteiger partial charge in [0.25, 0.3) is 0 Å². The van der Waals surface area contributed by atoms with Gasteiger partial charge in [-0.25, -0.2) is 0 Å². The Hall–Kier alpha value is -0.0301. The molecule has 6 heteroatoms. The molecule has 78 valence electrons. The molecule has 2 fully saturated rings. The maximum absolute atomic E-state index is 5.78. The monoisotopic (exact) mass is 198 g/mol. The summed E-state index contributed by atoms with van der Waals surface area (Å²) in [6.07, 6.45) is 0. The quantitative estimate of drug-likeness (QED) is 0.580. The minimum Gasteiger partial charge on any atom is -0.411 e. The van der Waals surface area contributed by atoms with Crippen molar-refractivity contribution in [1.29, 1.82) is 0 Å². The van der Waals surface area contributed by atoms with E-state index in [-0.39, 0.29) is 18.2 Å². The summed E-state index contributed by atoms with van der Waals surface area (Å²) in [4.78, 5) is 0. The van der Waals surface area contributed by atoms with Gasteiger partial charge in [0.2, 0.25) is 0 Å². The fourth-order valence-corrected chi connectivity index (χ4v) is 1.53. The molecule has 0 bridgehead atoms. The van der Waals surface area contributed by atoms with Gasteiger partial charge in [0.05, 0.1) is 24.4 Å². The second kappa shape index (κ2) is 3.23. The Morgan fingerprint density at radius 1 is 0.786 bits per heavy atom. The molecule has 0 aromatic heterocycles. The fourth-order valence-electron chi connectivity index (χ4n) is 1.53. The average molecular weight is 198 g/mol. The first-order valence-electron chi connectivity index (χ1n) is 5.01. The highest BCUT2D eigenvalue weighted by molar-refractivity contribution is 7.11. The third-order valence-corrected chi connectivity index (χ3v) is 3.14. The summed E-state index contributed by atoms with van der Waals surface area (Å²) in [5.41, 5.74) is -0.625. The molecular weight excluding hydrogens is 182 g/mol. The first-order chi connectivity index (χ1) is 6.42. The molecule has 2 aliphatic heterocycles. The minimum absolute atomic E-state index is 0.313. The molecule has 0 radical (unpaired) electrons. The highest BCUT2D eigenvalue weighted by Gasteiger charge is 2.58. The van der Waals surface area contributed by atoms with Crippen molar-refractivity contribution in [3.8, 4) is 0 Å². The second-order valence-electron chi connectivity index (χ2n) is 4.73. The SMILES string of the molecule is CC1(C)OB(B2OCCO2)OC1(C)C. The van der Waals surface area contributed by atoms with Crippen molar-refractivity contribution in [3.63, 3.8) is 0 Å². The Kier molecular flexibility index (Phi) is 2.42. The lowest BCUT2D eigenvalue weighted by Gasteiger charge is -2.32. The molecule has 0 amide bonds. The topological polar surface area (TPSA) is 36.9 Å². The van der Waals surface area contributed by atoms with Crippen LogP contribution in [-0.4, -0.2) is 38.4 Å². The first-order valence-corrected chi connectivity index (χ1v) is 5.01. The van der Waals surface area contributed by atoms with Gasteiger partial charge < -0.3 is 18.6 Å². The van der Waals surface area contributed by atoms with Crippen molar-refractivity contribution >= 4 is 14.0 Å². The summed E-state index contributed by atoms with van der Waals surface area (Å²) in [7, 11) is -0.765. The lowest BCUT2D eigenvalue weighted by atomic mass is 9.49. The highest BCUT2D eigenvalue weighted by atomic mass is 16.7. The van der Waals surface area contributed by atoms with E-state index in [2.05, 4.69) is 0 Å². The summed E-state index contributed by atoms with van der Waals surface area (Å²) in [6, 6.07) is 0. The smallest absolute Gasteiger partial charge is 0.411 e. The maximum Gasteiger partial charge on any atom is 0.488 e. The number of hydrogen-bond donors (Lipinski definition) is 0. The van der Waals surface area contributed by atoms with E-state index < -0.39 is 7.01 Å². The van der Waals surface area contributed by atoms with Gasteiger partial charge in [-0.2, -0.15) is 0 Å². The van der Waals surface area contributed by atoms with Gasteiger partial charge in [0, 0.05) is 0 Å². The Morgan fingerprint density at radius 3 is 1.64 bits per heavy atom. The zero-order chi connectivity index (χ0) is 10.4. The predicted octanol–water partition coefficient (Wildman–Crippen LogP) is 0.692. The van der Waals surface area contributed by atoms with Gasteiger partial charge in [0.1, 0.15) is 0 Å². The van der Waals surface area contributed by atoms with Gasteiger partial charge in [0.15, 0.2) is 0 Å². The molecule has 2 aliphatic rings. The van der Waals surface area contributed by atoms with E-state index >= 15 is 0 Å². The van der Waals surface area contributed by atoms with E-state index in [1.54, 1.807) is 0 Å². The van der Waals surface area contributed by atoms with E-state index in [0.29, 0.717) is 13.2 Å². The van der Waals surface area contributed by atoms with Gasteiger partial charge in [-0.1, -0.05) is 0 Å². The summed E-state index contributed by atoms with van der Waals surface area (Å²) in [5, 5.41) is 0.